The maximum absolute atomic E-state index is 13.7. The zero-order chi connectivity index (χ0) is 23.0. The molecule has 2 aliphatic heterocycles. The number of ether oxygens (including phenoxy) is 2. The van der Waals surface area contributed by atoms with E-state index >= 15 is 0 Å². The van der Waals surface area contributed by atoms with Gasteiger partial charge in [-0.1, -0.05) is 0 Å². The van der Waals surface area contributed by atoms with Crippen molar-refractivity contribution in [2.24, 2.45) is 5.92 Å². The van der Waals surface area contributed by atoms with Crippen molar-refractivity contribution in [1.29, 1.82) is 0 Å². The first kappa shape index (κ1) is 24.0. The van der Waals surface area contributed by atoms with E-state index in [1.54, 1.807) is 19.1 Å². The summed E-state index contributed by atoms with van der Waals surface area (Å²) in [4.78, 5) is 14.1. The number of nitrogens with zero attached hydrogens (tertiary/aromatic N) is 1. The number of hydrogen-bond donors (Lipinski definition) is 0. The maximum atomic E-state index is 13.7. The maximum Gasteiger partial charge on any atom is 0.310 e. The highest BCUT2D eigenvalue weighted by atomic mass is 32.2. The highest BCUT2D eigenvalue weighted by Crippen LogP contribution is 2.36. The average molecular weight is 474 g/mol. The van der Waals surface area contributed by atoms with Crippen molar-refractivity contribution in [3.05, 3.63) is 23.3 Å². The lowest BCUT2D eigenvalue weighted by Crippen LogP contribution is -2.51. The summed E-state index contributed by atoms with van der Waals surface area (Å²) in [6.07, 6.45) is 1.33. The Morgan fingerprint density at radius 1 is 1.19 bits per heavy atom. The first-order valence-electron chi connectivity index (χ1n) is 10.5. The van der Waals surface area contributed by atoms with Gasteiger partial charge in [0.1, 0.15) is 10.6 Å². The Labute approximate surface area is 184 Å². The second kappa shape index (κ2) is 9.07. The molecule has 2 fully saturated rings. The SMILES string of the molecule is CCOC(=O)C1CCCN([C@H]2CS(=O)(=O)C[C@@H]2S(=O)(=O)c2cc(C)c(C)cc2OC)C1. The minimum atomic E-state index is -4.00. The molecular weight excluding hydrogens is 442 g/mol. The number of rotatable bonds is 6. The molecule has 0 bridgehead atoms. The number of likely N-dealkylation sites (tertiary alicyclic amines) is 1. The third kappa shape index (κ3) is 4.90. The van der Waals surface area contributed by atoms with Crippen LogP contribution in [0, 0.1) is 19.8 Å². The number of hydrogen-bond acceptors (Lipinski definition) is 8. The monoisotopic (exact) mass is 473 g/mol. The summed E-state index contributed by atoms with van der Waals surface area (Å²) in [5.74, 6) is -1.15. The molecule has 0 aromatic heterocycles. The summed E-state index contributed by atoms with van der Waals surface area (Å²) in [6, 6.07) is 2.51. The predicted molar refractivity (Wildman–Crippen MR) is 117 cm³/mol. The van der Waals surface area contributed by atoms with Crippen LogP contribution in [0.1, 0.15) is 30.9 Å². The van der Waals surface area contributed by atoms with Gasteiger partial charge in [-0.05, 0) is 63.4 Å². The third-order valence-electron chi connectivity index (χ3n) is 6.30. The van der Waals surface area contributed by atoms with Crippen molar-refractivity contribution in [1.82, 2.24) is 4.90 Å². The van der Waals surface area contributed by atoms with Crippen molar-refractivity contribution in [3.63, 3.8) is 0 Å². The summed E-state index contributed by atoms with van der Waals surface area (Å²) in [7, 11) is -6.15. The molecular formula is C21H31NO7S2. The first-order chi connectivity index (χ1) is 14.5. The number of methoxy groups -OCH3 is 1. The second-order valence-corrected chi connectivity index (χ2v) is 12.7. The zero-order valence-electron chi connectivity index (χ0n) is 18.5. The van der Waals surface area contributed by atoms with E-state index in [9.17, 15) is 21.6 Å². The Morgan fingerprint density at radius 2 is 1.87 bits per heavy atom. The Kier molecular flexibility index (Phi) is 7.02. The lowest BCUT2D eigenvalue weighted by atomic mass is 9.96. The molecule has 0 amide bonds. The van der Waals surface area contributed by atoms with E-state index in [-0.39, 0.29) is 34.9 Å². The van der Waals surface area contributed by atoms with Crippen molar-refractivity contribution >= 4 is 25.6 Å². The Bertz CT molecular complexity index is 1050. The summed E-state index contributed by atoms with van der Waals surface area (Å²) in [6.45, 7) is 6.53. The van der Waals surface area contributed by atoms with Gasteiger partial charge in [-0.2, -0.15) is 0 Å². The van der Waals surface area contributed by atoms with Gasteiger partial charge in [0.2, 0.25) is 0 Å². The van der Waals surface area contributed by atoms with E-state index in [1.807, 2.05) is 18.7 Å². The van der Waals surface area contributed by atoms with Gasteiger partial charge in [-0.3, -0.25) is 9.69 Å². The molecule has 0 spiro atoms. The first-order valence-corrected chi connectivity index (χ1v) is 13.9. The van der Waals surface area contributed by atoms with Crippen molar-refractivity contribution in [2.45, 2.75) is 49.8 Å². The quantitative estimate of drug-likeness (QED) is 0.573. The normalized spacial score (nSPS) is 26.5. The topological polar surface area (TPSA) is 107 Å². The van der Waals surface area contributed by atoms with Crippen LogP contribution in [0.25, 0.3) is 0 Å². The van der Waals surface area contributed by atoms with E-state index in [4.69, 9.17) is 9.47 Å². The molecule has 1 aromatic carbocycles. The van der Waals surface area contributed by atoms with Crippen LogP contribution < -0.4 is 4.74 Å². The summed E-state index contributed by atoms with van der Waals surface area (Å²) >= 11 is 0. The Hall–Kier alpha value is -1.65. The van der Waals surface area contributed by atoms with Crippen LogP contribution in [0.15, 0.2) is 17.0 Å². The molecule has 0 radical (unpaired) electrons. The van der Waals surface area contributed by atoms with Gasteiger partial charge in [0.25, 0.3) is 0 Å². The molecule has 2 heterocycles. The molecule has 2 aliphatic rings. The molecule has 31 heavy (non-hydrogen) atoms. The third-order valence-corrected chi connectivity index (χ3v) is 10.4. The van der Waals surface area contributed by atoms with Crippen LogP contribution in [0.3, 0.4) is 0 Å². The lowest BCUT2D eigenvalue weighted by molar-refractivity contribution is -0.150. The largest absolute Gasteiger partial charge is 0.495 e. The van der Waals surface area contributed by atoms with Crippen LogP contribution in [0.5, 0.6) is 5.75 Å². The molecule has 10 heteroatoms. The number of carbonyl (C=O) groups excluding carboxylic acids is 1. The number of esters is 1. The molecule has 3 rings (SSSR count). The fourth-order valence-corrected chi connectivity index (χ4v) is 9.56. The zero-order valence-corrected chi connectivity index (χ0v) is 20.1. The highest BCUT2D eigenvalue weighted by molar-refractivity contribution is 7.96. The van der Waals surface area contributed by atoms with Gasteiger partial charge in [0.05, 0.1) is 36.4 Å². The fraction of sp³-hybridized carbons (Fsp3) is 0.667. The van der Waals surface area contributed by atoms with E-state index in [2.05, 4.69) is 0 Å². The lowest BCUT2D eigenvalue weighted by Gasteiger charge is -2.37. The van der Waals surface area contributed by atoms with E-state index in [1.165, 1.54) is 7.11 Å². The smallest absolute Gasteiger partial charge is 0.310 e. The molecule has 1 unspecified atom stereocenters. The van der Waals surface area contributed by atoms with Crippen LogP contribution in [0.2, 0.25) is 0 Å². The molecule has 0 aliphatic carbocycles. The summed E-state index contributed by atoms with van der Waals surface area (Å²) in [5, 5.41) is -1.12. The van der Waals surface area contributed by atoms with Crippen LogP contribution in [-0.2, 0) is 29.2 Å². The van der Waals surface area contributed by atoms with E-state index < -0.39 is 36.7 Å². The fourth-order valence-electron chi connectivity index (χ4n) is 4.50. The Morgan fingerprint density at radius 3 is 2.52 bits per heavy atom. The van der Waals surface area contributed by atoms with Gasteiger partial charge in [0, 0.05) is 12.6 Å². The summed E-state index contributed by atoms with van der Waals surface area (Å²) in [5.41, 5.74) is 1.68. The molecule has 3 atom stereocenters. The highest BCUT2D eigenvalue weighted by Gasteiger charge is 2.50. The Balaban J connectivity index is 1.97. The minimum Gasteiger partial charge on any atom is -0.495 e. The number of carbonyl (C=O) groups is 1. The van der Waals surface area contributed by atoms with E-state index in [0.717, 1.165) is 11.1 Å². The predicted octanol–water partition coefficient (Wildman–Crippen LogP) is 1.53. The van der Waals surface area contributed by atoms with Crippen molar-refractivity contribution < 1.29 is 31.1 Å². The standard InChI is InChI=1S/C21H31NO7S2/c1-5-29-21(23)16-7-6-8-22(11-16)17-12-30(24,25)13-20(17)31(26,27)19-10-15(3)14(2)9-18(19)28-4/h9-10,16-17,20H,5-8,11-13H2,1-4H3/t16?,17-,20-/m0/s1. The molecule has 0 saturated carbocycles. The molecule has 174 valence electrons. The van der Waals surface area contributed by atoms with Gasteiger partial charge in [-0.25, -0.2) is 16.8 Å². The van der Waals surface area contributed by atoms with Crippen molar-refractivity contribution in [2.75, 3.05) is 38.3 Å². The average Bonchev–Trinajstić information content (AvgIpc) is 3.06. The molecule has 1 aromatic rings. The number of piperidine rings is 1. The van der Waals surface area contributed by atoms with Gasteiger partial charge >= 0.3 is 5.97 Å². The molecule has 8 nitrogen and oxygen atoms in total. The van der Waals surface area contributed by atoms with E-state index in [0.29, 0.717) is 25.9 Å². The number of aryl methyl sites for hydroxylation is 2. The minimum absolute atomic E-state index is 0.0177. The van der Waals surface area contributed by atoms with Gasteiger partial charge in [0.15, 0.2) is 19.7 Å². The summed E-state index contributed by atoms with van der Waals surface area (Å²) < 4.78 is 62.9. The van der Waals surface area contributed by atoms with Gasteiger partial charge in [-0.15, -0.1) is 0 Å². The van der Waals surface area contributed by atoms with Crippen LogP contribution in [0.4, 0.5) is 0 Å². The second-order valence-electron chi connectivity index (χ2n) is 8.40. The molecule has 2 saturated heterocycles. The number of sulfone groups is 2. The van der Waals surface area contributed by atoms with Crippen LogP contribution >= 0.6 is 0 Å². The van der Waals surface area contributed by atoms with Gasteiger partial charge < -0.3 is 9.47 Å². The number of benzene rings is 1. The molecule has 0 N–H and O–H groups in total. The van der Waals surface area contributed by atoms with Crippen LogP contribution in [-0.4, -0.2) is 77.3 Å². The van der Waals surface area contributed by atoms with Crippen molar-refractivity contribution in [3.8, 4) is 5.75 Å².